The number of piperazine rings is 1. The van der Waals surface area contributed by atoms with Crippen LogP contribution in [0.3, 0.4) is 0 Å². The van der Waals surface area contributed by atoms with Crippen LogP contribution in [0.4, 0.5) is 5.82 Å². The van der Waals surface area contributed by atoms with E-state index in [0.717, 1.165) is 50.1 Å². The summed E-state index contributed by atoms with van der Waals surface area (Å²) >= 11 is 0. The number of anilines is 1. The van der Waals surface area contributed by atoms with E-state index in [4.69, 9.17) is 4.74 Å². The van der Waals surface area contributed by atoms with Crippen molar-refractivity contribution in [2.75, 3.05) is 38.2 Å². The number of aryl methyl sites for hydroxylation is 1. The van der Waals surface area contributed by atoms with Crippen LogP contribution in [-0.2, 0) is 6.54 Å². The summed E-state index contributed by atoms with van der Waals surface area (Å²) in [5.74, 6) is 2.47. The maximum absolute atomic E-state index is 5.27. The highest BCUT2D eigenvalue weighted by atomic mass is 16.5. The summed E-state index contributed by atoms with van der Waals surface area (Å²) < 4.78 is 7.19. The SMILES string of the molecule is COc1cccc(-n2nc(C)cc2N2CCN(Cc3ccccc3)CC2)n1. The highest BCUT2D eigenvalue weighted by Crippen LogP contribution is 2.23. The fourth-order valence-electron chi connectivity index (χ4n) is 3.49. The maximum atomic E-state index is 5.27. The summed E-state index contributed by atoms with van der Waals surface area (Å²) in [5.41, 5.74) is 2.36. The fraction of sp³-hybridized carbons (Fsp3) is 0.333. The fourth-order valence-corrected chi connectivity index (χ4v) is 3.49. The van der Waals surface area contributed by atoms with Gasteiger partial charge in [-0.2, -0.15) is 14.8 Å². The molecule has 0 aliphatic carbocycles. The van der Waals surface area contributed by atoms with Gasteiger partial charge in [0.15, 0.2) is 5.82 Å². The number of rotatable bonds is 5. The van der Waals surface area contributed by atoms with Gasteiger partial charge in [-0.25, -0.2) is 0 Å². The normalized spacial score (nSPS) is 15.1. The lowest BCUT2D eigenvalue weighted by atomic mass is 10.2. The van der Waals surface area contributed by atoms with Crippen molar-refractivity contribution in [3.63, 3.8) is 0 Å². The lowest BCUT2D eigenvalue weighted by molar-refractivity contribution is 0.249. The van der Waals surface area contributed by atoms with E-state index >= 15 is 0 Å². The smallest absolute Gasteiger partial charge is 0.214 e. The Hall–Kier alpha value is -2.86. The monoisotopic (exact) mass is 363 g/mol. The molecule has 140 valence electrons. The first-order valence-electron chi connectivity index (χ1n) is 9.32. The molecule has 3 heterocycles. The zero-order chi connectivity index (χ0) is 18.6. The zero-order valence-electron chi connectivity index (χ0n) is 15.9. The first kappa shape index (κ1) is 17.5. The van der Waals surface area contributed by atoms with Gasteiger partial charge in [0.2, 0.25) is 5.88 Å². The third-order valence-corrected chi connectivity index (χ3v) is 4.89. The van der Waals surface area contributed by atoms with Crippen LogP contribution >= 0.6 is 0 Å². The van der Waals surface area contributed by atoms with Crippen LogP contribution in [0.5, 0.6) is 5.88 Å². The predicted octanol–water partition coefficient (Wildman–Crippen LogP) is 2.91. The second-order valence-electron chi connectivity index (χ2n) is 6.84. The van der Waals surface area contributed by atoms with Gasteiger partial charge in [-0.15, -0.1) is 0 Å². The Labute approximate surface area is 160 Å². The molecule has 0 atom stereocenters. The highest BCUT2D eigenvalue weighted by Gasteiger charge is 2.21. The molecule has 0 unspecified atom stereocenters. The zero-order valence-corrected chi connectivity index (χ0v) is 15.9. The molecule has 0 bridgehead atoms. The molecule has 4 rings (SSSR count). The number of hydrogen-bond acceptors (Lipinski definition) is 5. The molecule has 0 saturated carbocycles. The number of aromatic nitrogens is 3. The van der Waals surface area contributed by atoms with Gasteiger partial charge in [0, 0.05) is 44.9 Å². The second-order valence-corrected chi connectivity index (χ2v) is 6.84. The Morgan fingerprint density at radius 1 is 0.963 bits per heavy atom. The molecular weight excluding hydrogens is 338 g/mol. The van der Waals surface area contributed by atoms with Crippen molar-refractivity contribution >= 4 is 5.82 Å². The van der Waals surface area contributed by atoms with Gasteiger partial charge < -0.3 is 9.64 Å². The summed E-state index contributed by atoms with van der Waals surface area (Å²) in [6.45, 7) is 7.04. The van der Waals surface area contributed by atoms with E-state index in [1.54, 1.807) is 7.11 Å². The Kier molecular flexibility index (Phi) is 5.07. The van der Waals surface area contributed by atoms with Crippen LogP contribution in [0.15, 0.2) is 54.6 Å². The molecule has 3 aromatic rings. The summed E-state index contributed by atoms with van der Waals surface area (Å²) in [4.78, 5) is 9.44. The van der Waals surface area contributed by atoms with E-state index in [9.17, 15) is 0 Å². The molecule has 1 aliphatic heterocycles. The molecule has 2 aromatic heterocycles. The van der Waals surface area contributed by atoms with Crippen molar-refractivity contribution in [3.05, 3.63) is 65.9 Å². The molecule has 6 nitrogen and oxygen atoms in total. The average molecular weight is 363 g/mol. The summed E-state index contributed by atoms with van der Waals surface area (Å²) in [6.07, 6.45) is 0. The van der Waals surface area contributed by atoms with Crippen LogP contribution in [0.2, 0.25) is 0 Å². The molecule has 0 N–H and O–H groups in total. The van der Waals surface area contributed by atoms with E-state index in [1.807, 2.05) is 29.8 Å². The van der Waals surface area contributed by atoms with Gasteiger partial charge >= 0.3 is 0 Å². The lowest BCUT2D eigenvalue weighted by Crippen LogP contribution is -2.46. The first-order valence-corrected chi connectivity index (χ1v) is 9.32. The predicted molar refractivity (Wildman–Crippen MR) is 107 cm³/mol. The minimum Gasteiger partial charge on any atom is -0.481 e. The van der Waals surface area contributed by atoms with Gasteiger partial charge in [0.1, 0.15) is 5.82 Å². The minimum atomic E-state index is 0.597. The number of hydrogen-bond donors (Lipinski definition) is 0. The van der Waals surface area contributed by atoms with Crippen molar-refractivity contribution in [2.45, 2.75) is 13.5 Å². The van der Waals surface area contributed by atoms with E-state index in [2.05, 4.69) is 56.3 Å². The number of ether oxygens (including phenoxy) is 1. The van der Waals surface area contributed by atoms with E-state index < -0.39 is 0 Å². The largest absolute Gasteiger partial charge is 0.481 e. The van der Waals surface area contributed by atoms with Crippen molar-refractivity contribution in [2.24, 2.45) is 0 Å². The molecule has 0 spiro atoms. The third-order valence-electron chi connectivity index (χ3n) is 4.89. The number of pyridine rings is 1. The number of methoxy groups -OCH3 is 1. The topological polar surface area (TPSA) is 46.4 Å². The molecule has 27 heavy (non-hydrogen) atoms. The highest BCUT2D eigenvalue weighted by molar-refractivity contribution is 5.47. The molecule has 1 aliphatic rings. The van der Waals surface area contributed by atoms with Crippen molar-refractivity contribution < 1.29 is 4.74 Å². The molecule has 0 amide bonds. The molecule has 1 saturated heterocycles. The molecule has 1 fully saturated rings. The van der Waals surface area contributed by atoms with Crippen LogP contribution in [0, 0.1) is 6.92 Å². The van der Waals surface area contributed by atoms with Gasteiger partial charge in [0.25, 0.3) is 0 Å². The van der Waals surface area contributed by atoms with Gasteiger partial charge in [-0.05, 0) is 18.6 Å². The second kappa shape index (κ2) is 7.80. The van der Waals surface area contributed by atoms with Crippen molar-refractivity contribution in [3.8, 4) is 11.7 Å². The first-order chi connectivity index (χ1) is 13.2. The number of nitrogens with zero attached hydrogens (tertiary/aromatic N) is 5. The Bertz CT molecular complexity index is 885. The average Bonchev–Trinajstić information content (AvgIpc) is 3.11. The van der Waals surface area contributed by atoms with Crippen LogP contribution < -0.4 is 9.64 Å². The van der Waals surface area contributed by atoms with E-state index in [1.165, 1.54) is 5.56 Å². The molecule has 0 radical (unpaired) electrons. The summed E-state index contributed by atoms with van der Waals surface area (Å²) in [6, 6.07) is 18.6. The Morgan fingerprint density at radius 3 is 2.48 bits per heavy atom. The summed E-state index contributed by atoms with van der Waals surface area (Å²) in [5, 5.41) is 4.66. The number of benzene rings is 1. The minimum absolute atomic E-state index is 0.597. The van der Waals surface area contributed by atoms with E-state index in [0.29, 0.717) is 5.88 Å². The van der Waals surface area contributed by atoms with Crippen LogP contribution in [0.1, 0.15) is 11.3 Å². The van der Waals surface area contributed by atoms with Gasteiger partial charge in [-0.1, -0.05) is 36.4 Å². The summed E-state index contributed by atoms with van der Waals surface area (Å²) in [7, 11) is 1.63. The molecule has 6 heteroatoms. The van der Waals surface area contributed by atoms with Crippen LogP contribution in [0.25, 0.3) is 5.82 Å². The standard InChI is InChI=1S/C21H25N5O/c1-17-15-21(26(23-17)19-9-6-10-20(22-19)27-2)25-13-11-24(12-14-25)16-18-7-4-3-5-8-18/h3-10,15H,11-14,16H2,1-2H3. The molecular formula is C21H25N5O. The Morgan fingerprint density at radius 2 is 1.74 bits per heavy atom. The van der Waals surface area contributed by atoms with Crippen molar-refractivity contribution in [1.29, 1.82) is 0 Å². The molecule has 1 aromatic carbocycles. The maximum Gasteiger partial charge on any atom is 0.214 e. The third kappa shape index (κ3) is 3.95. The van der Waals surface area contributed by atoms with Gasteiger partial charge in [-0.3, -0.25) is 4.90 Å². The quantitative estimate of drug-likeness (QED) is 0.698. The van der Waals surface area contributed by atoms with E-state index in [-0.39, 0.29) is 0 Å². The Balaban J connectivity index is 1.48. The lowest BCUT2D eigenvalue weighted by Gasteiger charge is -2.35. The van der Waals surface area contributed by atoms with Crippen molar-refractivity contribution in [1.82, 2.24) is 19.7 Å². The van der Waals surface area contributed by atoms with Crippen LogP contribution in [-0.4, -0.2) is 53.0 Å². The van der Waals surface area contributed by atoms with Gasteiger partial charge in [0.05, 0.1) is 12.8 Å².